The number of carbonyl (C=O) groups excluding carboxylic acids is 2. The number of carbonyl (C=O) groups is 2. The number of rotatable bonds is 3. The van der Waals surface area contributed by atoms with Crippen molar-refractivity contribution in [1.82, 2.24) is 0 Å². The molecule has 1 atom stereocenters. The van der Waals surface area contributed by atoms with Crippen molar-refractivity contribution in [1.29, 1.82) is 0 Å². The molecular weight excluding hydrogens is 294 g/mol. The lowest BCUT2D eigenvalue weighted by molar-refractivity contribution is -0.135. The van der Waals surface area contributed by atoms with Gasteiger partial charge in [0.05, 0.1) is 5.69 Å². The molecule has 2 aromatic carbocycles. The normalized spacial score (nSPS) is 16.5. The topological polar surface area (TPSA) is 55.8 Å². The quantitative estimate of drug-likeness (QED) is 0.646. The Kier molecular flexibility index (Phi) is 4.02. The van der Waals surface area contributed by atoms with Crippen LogP contribution in [0.1, 0.15) is 12.5 Å². The lowest BCUT2D eigenvalue weighted by atomic mass is 10.2. The first-order valence-electron chi connectivity index (χ1n) is 7.39. The number of esters is 1. The van der Waals surface area contributed by atoms with Crippen LogP contribution in [0.15, 0.2) is 48.5 Å². The van der Waals surface area contributed by atoms with E-state index in [0.29, 0.717) is 17.2 Å². The standard InChI is InChI=1S/C18H17NO4/c1-12-7-9-14(10-8-12)23-17(20)11-19-15-5-3-4-6-16(15)22-13(2)18(19)21/h3-10,13H,11H2,1-2H3. The van der Waals surface area contributed by atoms with Crippen LogP contribution in [0.3, 0.4) is 0 Å². The summed E-state index contributed by atoms with van der Waals surface area (Å²) in [6.45, 7) is 3.46. The predicted molar refractivity (Wildman–Crippen MR) is 85.7 cm³/mol. The monoisotopic (exact) mass is 311 g/mol. The molecule has 0 fully saturated rings. The predicted octanol–water partition coefficient (Wildman–Crippen LogP) is 2.71. The molecule has 1 amide bonds. The summed E-state index contributed by atoms with van der Waals surface area (Å²) in [5.74, 6) is 0.293. The third-order valence-corrected chi connectivity index (χ3v) is 3.61. The highest BCUT2D eigenvalue weighted by atomic mass is 16.5. The zero-order valence-electron chi connectivity index (χ0n) is 13.0. The van der Waals surface area contributed by atoms with E-state index in [4.69, 9.17) is 9.47 Å². The van der Waals surface area contributed by atoms with Gasteiger partial charge in [-0.25, -0.2) is 4.79 Å². The zero-order chi connectivity index (χ0) is 16.4. The molecule has 5 heteroatoms. The number of para-hydroxylation sites is 2. The Morgan fingerprint density at radius 3 is 2.61 bits per heavy atom. The van der Waals surface area contributed by atoms with Crippen molar-refractivity contribution >= 4 is 17.6 Å². The molecule has 0 N–H and O–H groups in total. The number of ether oxygens (including phenoxy) is 2. The molecule has 118 valence electrons. The van der Waals surface area contributed by atoms with Crippen LogP contribution in [-0.2, 0) is 9.59 Å². The summed E-state index contributed by atoms with van der Waals surface area (Å²) in [5, 5.41) is 0. The van der Waals surface area contributed by atoms with Crippen LogP contribution in [0.4, 0.5) is 5.69 Å². The Labute approximate surface area is 134 Å². The molecule has 23 heavy (non-hydrogen) atoms. The zero-order valence-corrected chi connectivity index (χ0v) is 13.0. The molecular formula is C18H17NO4. The fourth-order valence-corrected chi connectivity index (χ4v) is 2.42. The first-order chi connectivity index (χ1) is 11.0. The second-order valence-corrected chi connectivity index (χ2v) is 5.44. The fourth-order valence-electron chi connectivity index (χ4n) is 2.42. The molecule has 3 rings (SSSR count). The van der Waals surface area contributed by atoms with Gasteiger partial charge < -0.3 is 9.47 Å². The summed E-state index contributed by atoms with van der Waals surface area (Å²) in [6, 6.07) is 14.3. The first-order valence-corrected chi connectivity index (χ1v) is 7.39. The van der Waals surface area contributed by atoms with E-state index in [1.54, 1.807) is 37.3 Å². The minimum Gasteiger partial charge on any atom is -0.479 e. The van der Waals surface area contributed by atoms with E-state index in [9.17, 15) is 9.59 Å². The third kappa shape index (κ3) is 3.18. The Morgan fingerprint density at radius 2 is 1.87 bits per heavy atom. The number of nitrogens with zero attached hydrogens (tertiary/aromatic N) is 1. The molecule has 5 nitrogen and oxygen atoms in total. The first kappa shape index (κ1) is 15.1. The smallest absolute Gasteiger partial charge is 0.331 e. The van der Waals surface area contributed by atoms with Gasteiger partial charge in [0.2, 0.25) is 0 Å². The van der Waals surface area contributed by atoms with Crippen molar-refractivity contribution in [2.75, 3.05) is 11.4 Å². The molecule has 0 spiro atoms. The maximum Gasteiger partial charge on any atom is 0.331 e. The lowest BCUT2D eigenvalue weighted by Gasteiger charge is -2.32. The molecule has 2 aromatic rings. The van der Waals surface area contributed by atoms with Gasteiger partial charge in [-0.3, -0.25) is 9.69 Å². The Bertz CT molecular complexity index is 739. The number of benzene rings is 2. The molecule has 0 aliphatic carbocycles. The van der Waals surface area contributed by atoms with E-state index in [0.717, 1.165) is 5.56 Å². The van der Waals surface area contributed by atoms with Crippen molar-refractivity contribution < 1.29 is 19.1 Å². The van der Waals surface area contributed by atoms with Crippen LogP contribution in [0, 0.1) is 6.92 Å². The molecule has 1 aliphatic heterocycles. The largest absolute Gasteiger partial charge is 0.479 e. The van der Waals surface area contributed by atoms with Gasteiger partial charge in [0, 0.05) is 0 Å². The van der Waals surface area contributed by atoms with Gasteiger partial charge in [-0.15, -0.1) is 0 Å². The van der Waals surface area contributed by atoms with Crippen molar-refractivity contribution in [3.63, 3.8) is 0 Å². The molecule has 1 unspecified atom stereocenters. The van der Waals surface area contributed by atoms with Gasteiger partial charge in [0.1, 0.15) is 18.0 Å². The molecule has 1 heterocycles. The highest BCUT2D eigenvalue weighted by Crippen LogP contribution is 2.33. The van der Waals surface area contributed by atoms with Crippen LogP contribution in [0.2, 0.25) is 0 Å². The molecule has 0 aromatic heterocycles. The average Bonchev–Trinajstić information content (AvgIpc) is 2.54. The highest BCUT2D eigenvalue weighted by molar-refractivity contribution is 6.03. The summed E-state index contributed by atoms with van der Waals surface area (Å²) < 4.78 is 10.8. The summed E-state index contributed by atoms with van der Waals surface area (Å²) in [7, 11) is 0. The maximum absolute atomic E-state index is 12.3. The van der Waals surface area contributed by atoms with E-state index < -0.39 is 12.1 Å². The summed E-state index contributed by atoms with van der Waals surface area (Å²) >= 11 is 0. The number of hydrogen-bond donors (Lipinski definition) is 0. The number of hydrogen-bond acceptors (Lipinski definition) is 4. The van der Waals surface area contributed by atoms with Gasteiger partial charge in [-0.05, 0) is 38.1 Å². The molecule has 0 saturated heterocycles. The van der Waals surface area contributed by atoms with E-state index in [1.807, 2.05) is 25.1 Å². The molecule has 0 bridgehead atoms. The van der Waals surface area contributed by atoms with Gasteiger partial charge in [0.15, 0.2) is 6.10 Å². The van der Waals surface area contributed by atoms with E-state index in [1.165, 1.54) is 4.90 Å². The molecule has 1 aliphatic rings. The SMILES string of the molecule is Cc1ccc(OC(=O)CN2C(=O)C(C)Oc3ccccc32)cc1. The second kappa shape index (κ2) is 6.12. The van der Waals surface area contributed by atoms with E-state index in [2.05, 4.69) is 0 Å². The van der Waals surface area contributed by atoms with Crippen molar-refractivity contribution in [2.24, 2.45) is 0 Å². The molecule has 0 saturated carbocycles. The Balaban J connectivity index is 1.77. The summed E-state index contributed by atoms with van der Waals surface area (Å²) in [5.41, 5.74) is 1.66. The average molecular weight is 311 g/mol. The number of aryl methyl sites for hydroxylation is 1. The minimum absolute atomic E-state index is 0.155. The summed E-state index contributed by atoms with van der Waals surface area (Å²) in [6.07, 6.45) is -0.628. The molecule has 0 radical (unpaired) electrons. The van der Waals surface area contributed by atoms with E-state index >= 15 is 0 Å². The Hall–Kier alpha value is -2.82. The third-order valence-electron chi connectivity index (χ3n) is 3.61. The van der Waals surface area contributed by atoms with Gasteiger partial charge in [0.25, 0.3) is 5.91 Å². The van der Waals surface area contributed by atoms with Gasteiger partial charge in [-0.1, -0.05) is 29.8 Å². The second-order valence-electron chi connectivity index (χ2n) is 5.44. The van der Waals surface area contributed by atoms with Gasteiger partial charge in [-0.2, -0.15) is 0 Å². The van der Waals surface area contributed by atoms with Crippen molar-refractivity contribution in [3.05, 3.63) is 54.1 Å². The number of amides is 1. The Morgan fingerprint density at radius 1 is 1.17 bits per heavy atom. The fraction of sp³-hybridized carbons (Fsp3) is 0.222. The van der Waals surface area contributed by atoms with Crippen LogP contribution < -0.4 is 14.4 Å². The van der Waals surface area contributed by atoms with Crippen LogP contribution in [0.25, 0.3) is 0 Å². The summed E-state index contributed by atoms with van der Waals surface area (Å²) in [4.78, 5) is 25.9. The van der Waals surface area contributed by atoms with Crippen LogP contribution in [-0.4, -0.2) is 24.5 Å². The lowest BCUT2D eigenvalue weighted by Crippen LogP contribution is -2.47. The highest BCUT2D eigenvalue weighted by Gasteiger charge is 2.32. The van der Waals surface area contributed by atoms with Crippen molar-refractivity contribution in [3.8, 4) is 11.5 Å². The number of fused-ring (bicyclic) bond motifs is 1. The van der Waals surface area contributed by atoms with Crippen LogP contribution >= 0.6 is 0 Å². The van der Waals surface area contributed by atoms with Crippen molar-refractivity contribution in [2.45, 2.75) is 20.0 Å². The van der Waals surface area contributed by atoms with Gasteiger partial charge >= 0.3 is 5.97 Å². The van der Waals surface area contributed by atoms with E-state index in [-0.39, 0.29) is 12.5 Å². The van der Waals surface area contributed by atoms with Crippen LogP contribution in [0.5, 0.6) is 11.5 Å². The maximum atomic E-state index is 12.3. The minimum atomic E-state index is -0.628. The number of anilines is 1.